The zero-order valence-corrected chi connectivity index (χ0v) is 19.1. The second-order valence-corrected chi connectivity index (χ2v) is 10.1. The van der Waals surface area contributed by atoms with Crippen LogP contribution in [0.15, 0.2) is 24.3 Å². The smallest absolute Gasteiger partial charge is 0.275 e. The predicted molar refractivity (Wildman–Crippen MR) is 114 cm³/mol. The molecule has 0 fully saturated rings. The molecule has 0 aliphatic carbocycles. The standard InChI is InChI=1S/C21H37N3O4S/c1-5-6-7-8-9-10-13-18-14-11-12-15-19(18)21(20(25)26,23-29(22,27)28)16-17-24(2,3)4/h11-12,14-15,23H,5-10,13,16-17H2,1-4H3,(H2-,22,25,26,27,28). The minimum absolute atomic E-state index is 0.0305. The first-order valence-electron chi connectivity index (χ1n) is 10.3. The first kappa shape index (κ1) is 25.6. The molecule has 0 saturated carbocycles. The molecule has 1 aromatic carbocycles. The van der Waals surface area contributed by atoms with Gasteiger partial charge in [-0.15, -0.1) is 0 Å². The molecule has 0 radical (unpaired) electrons. The van der Waals surface area contributed by atoms with Crippen LogP contribution in [0.5, 0.6) is 0 Å². The Balaban J connectivity index is 3.22. The third kappa shape index (κ3) is 8.82. The van der Waals surface area contributed by atoms with Crippen molar-refractivity contribution in [2.45, 2.75) is 63.8 Å². The lowest BCUT2D eigenvalue weighted by molar-refractivity contribution is -0.871. The molecular weight excluding hydrogens is 390 g/mol. The fourth-order valence-electron chi connectivity index (χ4n) is 3.49. The maximum atomic E-state index is 12.3. The summed E-state index contributed by atoms with van der Waals surface area (Å²) in [4.78, 5) is 12.3. The molecule has 1 unspecified atom stereocenters. The molecule has 0 aliphatic heterocycles. The van der Waals surface area contributed by atoms with Gasteiger partial charge in [0.25, 0.3) is 10.2 Å². The Hall–Kier alpha value is -1.48. The van der Waals surface area contributed by atoms with Gasteiger partial charge in [-0.05, 0) is 24.0 Å². The Bertz CT molecular complexity index is 759. The summed E-state index contributed by atoms with van der Waals surface area (Å²) in [5.74, 6) is -1.49. The molecule has 0 amide bonds. The van der Waals surface area contributed by atoms with Crippen LogP contribution in [-0.4, -0.2) is 46.6 Å². The second-order valence-electron chi connectivity index (χ2n) is 8.78. The summed E-state index contributed by atoms with van der Waals surface area (Å²) in [6, 6.07) is 7.08. The lowest BCUT2D eigenvalue weighted by Crippen LogP contribution is -2.60. The van der Waals surface area contributed by atoms with Gasteiger partial charge < -0.3 is 14.4 Å². The highest BCUT2D eigenvalue weighted by Gasteiger charge is 2.40. The van der Waals surface area contributed by atoms with E-state index in [1.54, 1.807) is 12.1 Å². The van der Waals surface area contributed by atoms with Crippen molar-refractivity contribution in [3.05, 3.63) is 35.4 Å². The van der Waals surface area contributed by atoms with Crippen molar-refractivity contribution in [2.24, 2.45) is 5.14 Å². The number of aliphatic carboxylic acids is 1. The number of nitrogens with zero attached hydrogens (tertiary/aromatic N) is 1. The van der Waals surface area contributed by atoms with Crippen molar-refractivity contribution in [1.29, 1.82) is 0 Å². The summed E-state index contributed by atoms with van der Waals surface area (Å²) in [5, 5.41) is 17.5. The number of unbranched alkanes of at least 4 members (excludes halogenated alkanes) is 5. The fraction of sp³-hybridized carbons (Fsp3) is 0.667. The first-order chi connectivity index (χ1) is 13.4. The number of aryl methyl sites for hydroxylation is 1. The Kier molecular flexibility index (Phi) is 9.75. The van der Waals surface area contributed by atoms with E-state index < -0.39 is 21.7 Å². The van der Waals surface area contributed by atoms with Crippen molar-refractivity contribution >= 4 is 16.2 Å². The number of carbonyl (C=O) groups excluding carboxylic acids is 1. The van der Waals surface area contributed by atoms with Crippen molar-refractivity contribution in [2.75, 3.05) is 27.7 Å². The van der Waals surface area contributed by atoms with Gasteiger partial charge >= 0.3 is 0 Å². The number of carboxylic acid groups (broad SMARTS) is 1. The van der Waals surface area contributed by atoms with Gasteiger partial charge in [0.2, 0.25) is 0 Å². The van der Waals surface area contributed by atoms with Gasteiger partial charge in [0.15, 0.2) is 0 Å². The number of rotatable bonds is 14. The minimum atomic E-state index is -4.27. The van der Waals surface area contributed by atoms with Gasteiger partial charge in [-0.3, -0.25) is 0 Å². The van der Waals surface area contributed by atoms with E-state index in [1.165, 1.54) is 19.3 Å². The third-order valence-electron chi connectivity index (χ3n) is 5.10. The maximum absolute atomic E-state index is 12.3. The first-order valence-corrected chi connectivity index (χ1v) is 11.9. The summed E-state index contributed by atoms with van der Waals surface area (Å²) in [6.45, 7) is 2.59. The molecular formula is C21H37N3O4S. The lowest BCUT2D eigenvalue weighted by atomic mass is 9.82. The molecule has 0 saturated heterocycles. The van der Waals surface area contributed by atoms with E-state index in [0.717, 1.165) is 24.8 Å². The minimum Gasteiger partial charge on any atom is -0.548 e. The number of carboxylic acids is 1. The quantitative estimate of drug-likeness (QED) is 0.345. The van der Waals surface area contributed by atoms with E-state index in [2.05, 4.69) is 11.6 Å². The van der Waals surface area contributed by atoms with Crippen LogP contribution >= 0.6 is 0 Å². The monoisotopic (exact) mass is 427 g/mol. The average Bonchev–Trinajstić information content (AvgIpc) is 2.60. The number of nitrogens with one attached hydrogen (secondary N) is 1. The van der Waals surface area contributed by atoms with Gasteiger partial charge in [0.05, 0.1) is 33.7 Å². The second kappa shape index (κ2) is 11.1. The number of hydrogen-bond donors (Lipinski definition) is 2. The largest absolute Gasteiger partial charge is 0.548 e. The van der Waals surface area contributed by atoms with Crippen molar-refractivity contribution in [3.63, 3.8) is 0 Å². The molecule has 8 heteroatoms. The van der Waals surface area contributed by atoms with Crippen LogP contribution in [0.25, 0.3) is 0 Å². The van der Waals surface area contributed by atoms with Crippen LogP contribution in [-0.2, 0) is 27.0 Å². The lowest BCUT2D eigenvalue weighted by Gasteiger charge is -2.38. The summed E-state index contributed by atoms with van der Waals surface area (Å²) in [7, 11) is 1.47. The zero-order valence-electron chi connectivity index (χ0n) is 18.2. The van der Waals surface area contributed by atoms with E-state index in [-0.39, 0.29) is 6.42 Å². The summed E-state index contributed by atoms with van der Waals surface area (Å²) in [6.07, 6.45) is 7.39. The molecule has 0 aliphatic rings. The number of quaternary nitrogens is 1. The van der Waals surface area contributed by atoms with Crippen molar-refractivity contribution < 1.29 is 22.8 Å². The highest BCUT2D eigenvalue weighted by atomic mass is 32.2. The van der Waals surface area contributed by atoms with Gasteiger partial charge in [-0.25, -0.2) is 5.14 Å². The van der Waals surface area contributed by atoms with Crippen LogP contribution < -0.4 is 15.0 Å². The predicted octanol–water partition coefficient (Wildman–Crippen LogP) is 1.42. The van der Waals surface area contributed by atoms with E-state index in [1.807, 2.05) is 33.3 Å². The average molecular weight is 428 g/mol. The van der Waals surface area contributed by atoms with Crippen molar-refractivity contribution in [3.8, 4) is 0 Å². The molecule has 7 nitrogen and oxygen atoms in total. The van der Waals surface area contributed by atoms with E-state index in [4.69, 9.17) is 5.14 Å². The van der Waals surface area contributed by atoms with E-state index >= 15 is 0 Å². The number of nitrogens with two attached hydrogens (primary N) is 1. The maximum Gasteiger partial charge on any atom is 0.275 e. The van der Waals surface area contributed by atoms with Gasteiger partial charge in [-0.2, -0.15) is 13.1 Å². The van der Waals surface area contributed by atoms with E-state index in [9.17, 15) is 18.3 Å². The molecule has 1 rings (SSSR count). The third-order valence-corrected chi connectivity index (χ3v) is 5.73. The SMILES string of the molecule is CCCCCCCCc1ccccc1C(CC[N+](C)(C)C)(NS(N)(=O)=O)C(=O)[O-]. The highest BCUT2D eigenvalue weighted by molar-refractivity contribution is 7.87. The molecule has 1 atom stereocenters. The van der Waals surface area contributed by atoms with Crippen LogP contribution in [0.4, 0.5) is 0 Å². The molecule has 1 aromatic rings. The molecule has 0 bridgehead atoms. The summed E-state index contributed by atoms with van der Waals surface area (Å²) >= 11 is 0. The van der Waals surface area contributed by atoms with Crippen LogP contribution in [0.3, 0.4) is 0 Å². The number of hydrogen-bond acceptors (Lipinski definition) is 4. The normalized spacial score (nSPS) is 14.5. The Morgan fingerprint density at radius 1 is 1.10 bits per heavy atom. The zero-order chi connectivity index (χ0) is 22.1. The fourth-order valence-corrected chi connectivity index (χ4v) is 4.27. The number of carbonyl (C=O) groups is 1. The summed E-state index contributed by atoms with van der Waals surface area (Å²) < 4.78 is 26.5. The Morgan fingerprint density at radius 2 is 1.69 bits per heavy atom. The topological polar surface area (TPSA) is 112 Å². The van der Waals surface area contributed by atoms with Gasteiger partial charge in [0, 0.05) is 6.42 Å². The number of benzene rings is 1. The molecule has 3 N–H and O–H groups in total. The molecule has 0 heterocycles. The molecule has 0 aromatic heterocycles. The molecule has 29 heavy (non-hydrogen) atoms. The van der Waals surface area contributed by atoms with Crippen LogP contribution in [0.2, 0.25) is 0 Å². The molecule has 166 valence electrons. The van der Waals surface area contributed by atoms with Crippen LogP contribution in [0.1, 0.15) is 63.0 Å². The van der Waals surface area contributed by atoms with Gasteiger partial charge in [-0.1, -0.05) is 63.3 Å². The van der Waals surface area contributed by atoms with E-state index in [0.29, 0.717) is 23.0 Å². The summed E-state index contributed by atoms with van der Waals surface area (Å²) in [5.41, 5.74) is -0.682. The van der Waals surface area contributed by atoms with Crippen molar-refractivity contribution in [1.82, 2.24) is 4.72 Å². The molecule has 0 spiro atoms. The Labute approximate surface area is 176 Å². The van der Waals surface area contributed by atoms with Crippen LogP contribution in [0, 0.1) is 0 Å². The highest BCUT2D eigenvalue weighted by Crippen LogP contribution is 2.30. The Morgan fingerprint density at radius 3 is 2.24 bits per heavy atom. The van der Waals surface area contributed by atoms with Gasteiger partial charge in [0.1, 0.15) is 5.54 Å².